The molecule has 2 aliphatic rings. The first kappa shape index (κ1) is 29.7. The number of carbonyl (C=O) groups excluding carboxylic acids is 3. The second-order valence-corrected chi connectivity index (χ2v) is 10.6. The Morgan fingerprint density at radius 2 is 1.51 bits per heavy atom. The molecular formula is C32H37NO8. The van der Waals surface area contributed by atoms with Crippen LogP contribution in [0.1, 0.15) is 63.5 Å². The Hall–Kier alpha value is -4.27. The van der Waals surface area contributed by atoms with Crippen LogP contribution in [0, 0.1) is 5.92 Å². The molecule has 0 bridgehead atoms. The second-order valence-electron chi connectivity index (χ2n) is 10.6. The lowest BCUT2D eigenvalue weighted by atomic mass is 9.71. The van der Waals surface area contributed by atoms with Crippen molar-refractivity contribution in [3.63, 3.8) is 0 Å². The van der Waals surface area contributed by atoms with Crippen molar-refractivity contribution in [3.8, 4) is 23.0 Å². The molecule has 41 heavy (non-hydrogen) atoms. The van der Waals surface area contributed by atoms with Crippen LogP contribution in [0.5, 0.6) is 23.0 Å². The van der Waals surface area contributed by atoms with Gasteiger partial charge in [-0.3, -0.25) is 9.59 Å². The van der Waals surface area contributed by atoms with E-state index in [-0.39, 0.29) is 36.4 Å². The molecule has 9 heteroatoms. The number of benzene rings is 2. The normalized spacial score (nSPS) is 18.5. The number of dihydropyridines is 1. The number of ketones is 1. The highest BCUT2D eigenvalue weighted by Gasteiger charge is 2.42. The summed E-state index contributed by atoms with van der Waals surface area (Å²) in [6.07, 6.45) is 0.809. The molecule has 2 aromatic rings. The summed E-state index contributed by atoms with van der Waals surface area (Å²) in [5.74, 6) is 0.0826. The Morgan fingerprint density at radius 1 is 0.902 bits per heavy atom. The van der Waals surface area contributed by atoms with E-state index in [4.69, 9.17) is 23.7 Å². The van der Waals surface area contributed by atoms with Gasteiger partial charge in [0.05, 0.1) is 33.5 Å². The van der Waals surface area contributed by atoms with Gasteiger partial charge in [0.1, 0.15) is 0 Å². The number of ether oxygens (including phenoxy) is 5. The van der Waals surface area contributed by atoms with Gasteiger partial charge in [0.15, 0.2) is 28.8 Å². The zero-order chi connectivity index (χ0) is 29.8. The lowest BCUT2D eigenvalue weighted by Gasteiger charge is -2.37. The maximum Gasteiger partial charge on any atom is 0.336 e. The van der Waals surface area contributed by atoms with E-state index in [1.54, 1.807) is 32.4 Å². The number of hydrogen-bond donors (Lipinski definition) is 1. The molecule has 0 aromatic heterocycles. The minimum absolute atomic E-state index is 0.0757. The Kier molecular flexibility index (Phi) is 9.05. The van der Waals surface area contributed by atoms with Gasteiger partial charge in [-0.25, -0.2) is 4.79 Å². The molecule has 0 fully saturated rings. The summed E-state index contributed by atoms with van der Waals surface area (Å²) in [6, 6.07) is 10.8. The van der Waals surface area contributed by atoms with E-state index in [1.807, 2.05) is 39.0 Å². The predicted octanol–water partition coefficient (Wildman–Crippen LogP) is 5.20. The van der Waals surface area contributed by atoms with Gasteiger partial charge >= 0.3 is 11.9 Å². The van der Waals surface area contributed by atoms with Gasteiger partial charge in [0.25, 0.3) is 0 Å². The molecule has 1 aliphatic carbocycles. The number of Topliss-reactive ketones (excluding diaryl/α,β-unsaturated/α-hetero) is 1. The average Bonchev–Trinajstić information content (AvgIpc) is 2.94. The van der Waals surface area contributed by atoms with Crippen molar-refractivity contribution in [2.24, 2.45) is 5.92 Å². The fourth-order valence-corrected chi connectivity index (χ4v) is 5.41. The molecule has 2 atom stereocenters. The average molecular weight is 564 g/mol. The minimum atomic E-state index is -0.690. The van der Waals surface area contributed by atoms with Crippen molar-refractivity contribution in [2.45, 2.75) is 52.4 Å². The van der Waals surface area contributed by atoms with Gasteiger partial charge < -0.3 is 29.0 Å². The summed E-state index contributed by atoms with van der Waals surface area (Å²) < 4.78 is 27.3. The molecule has 1 aliphatic heterocycles. The number of allylic oxidation sites excluding steroid dienone is 3. The van der Waals surface area contributed by atoms with Gasteiger partial charge in [-0.2, -0.15) is 0 Å². The first-order valence-corrected chi connectivity index (χ1v) is 13.6. The monoisotopic (exact) mass is 563 g/mol. The van der Waals surface area contributed by atoms with E-state index in [2.05, 4.69) is 5.32 Å². The van der Waals surface area contributed by atoms with Crippen LogP contribution in [0.2, 0.25) is 0 Å². The van der Waals surface area contributed by atoms with E-state index in [9.17, 15) is 14.4 Å². The van der Waals surface area contributed by atoms with E-state index in [1.165, 1.54) is 14.0 Å². The number of nitrogens with one attached hydrogen (secondary N) is 1. The van der Waals surface area contributed by atoms with Gasteiger partial charge in [-0.05, 0) is 60.6 Å². The van der Waals surface area contributed by atoms with Gasteiger partial charge in [0, 0.05) is 36.2 Å². The molecule has 0 amide bonds. The van der Waals surface area contributed by atoms with Gasteiger partial charge in [-0.15, -0.1) is 0 Å². The predicted molar refractivity (Wildman–Crippen MR) is 152 cm³/mol. The molecule has 1 N–H and O–H groups in total. The Labute approximate surface area is 240 Å². The van der Waals surface area contributed by atoms with Crippen molar-refractivity contribution >= 4 is 17.7 Å². The summed E-state index contributed by atoms with van der Waals surface area (Å²) in [4.78, 5) is 39.0. The maximum atomic E-state index is 14.0. The van der Waals surface area contributed by atoms with E-state index >= 15 is 0 Å². The van der Waals surface area contributed by atoms with Crippen LogP contribution in [0.4, 0.5) is 0 Å². The SMILES string of the molecule is COc1ccc([C@H]2CC(=O)C3=C(C2)NC(C)=C(C(=O)OCC(C)C)[C@H]3c2ccc(OC(C)=O)c(OC)c2)cc1OC. The number of rotatable bonds is 9. The fraction of sp³-hybridized carbons (Fsp3) is 0.406. The quantitative estimate of drug-likeness (QED) is 0.325. The molecular weight excluding hydrogens is 526 g/mol. The number of methoxy groups -OCH3 is 3. The van der Waals surface area contributed by atoms with Crippen LogP contribution in [-0.4, -0.2) is 45.7 Å². The molecule has 0 radical (unpaired) electrons. The van der Waals surface area contributed by atoms with Crippen molar-refractivity contribution in [1.29, 1.82) is 0 Å². The summed E-state index contributed by atoms with van der Waals surface area (Å²) in [5.41, 5.74) is 3.87. The topological polar surface area (TPSA) is 109 Å². The number of hydrogen-bond acceptors (Lipinski definition) is 9. The molecule has 0 unspecified atom stereocenters. The van der Waals surface area contributed by atoms with Crippen LogP contribution in [-0.2, 0) is 19.1 Å². The molecule has 1 heterocycles. The van der Waals surface area contributed by atoms with Crippen molar-refractivity contribution in [2.75, 3.05) is 27.9 Å². The Morgan fingerprint density at radius 3 is 2.15 bits per heavy atom. The Bertz CT molecular complexity index is 1420. The van der Waals surface area contributed by atoms with Crippen LogP contribution < -0.4 is 24.3 Å². The largest absolute Gasteiger partial charge is 0.493 e. The number of carbonyl (C=O) groups is 3. The van der Waals surface area contributed by atoms with Crippen molar-refractivity contribution in [1.82, 2.24) is 5.32 Å². The molecule has 0 saturated heterocycles. The summed E-state index contributed by atoms with van der Waals surface area (Å²) in [6.45, 7) is 7.30. The van der Waals surface area contributed by atoms with E-state index in [0.717, 1.165) is 11.3 Å². The third-order valence-corrected chi connectivity index (χ3v) is 7.25. The zero-order valence-corrected chi connectivity index (χ0v) is 24.6. The lowest BCUT2D eigenvalue weighted by molar-refractivity contribution is -0.140. The first-order valence-electron chi connectivity index (χ1n) is 13.6. The fourth-order valence-electron chi connectivity index (χ4n) is 5.41. The lowest BCUT2D eigenvalue weighted by Crippen LogP contribution is -2.36. The third-order valence-electron chi connectivity index (χ3n) is 7.25. The minimum Gasteiger partial charge on any atom is -0.493 e. The Balaban J connectivity index is 1.80. The molecule has 4 rings (SSSR count). The molecule has 9 nitrogen and oxygen atoms in total. The highest BCUT2D eigenvalue weighted by molar-refractivity contribution is 6.04. The maximum absolute atomic E-state index is 14.0. The summed E-state index contributed by atoms with van der Waals surface area (Å²) in [7, 11) is 4.63. The van der Waals surface area contributed by atoms with E-state index in [0.29, 0.717) is 46.1 Å². The van der Waals surface area contributed by atoms with Crippen LogP contribution in [0.15, 0.2) is 58.9 Å². The van der Waals surface area contributed by atoms with Crippen molar-refractivity contribution in [3.05, 3.63) is 70.1 Å². The first-order chi connectivity index (χ1) is 19.6. The molecule has 0 spiro atoms. The van der Waals surface area contributed by atoms with Crippen LogP contribution in [0.3, 0.4) is 0 Å². The highest BCUT2D eigenvalue weighted by atomic mass is 16.6. The molecule has 2 aromatic carbocycles. The second kappa shape index (κ2) is 12.5. The summed E-state index contributed by atoms with van der Waals surface area (Å²) in [5, 5.41) is 3.37. The summed E-state index contributed by atoms with van der Waals surface area (Å²) >= 11 is 0. The molecule has 0 saturated carbocycles. The highest BCUT2D eigenvalue weighted by Crippen LogP contribution is 2.47. The molecule has 218 valence electrons. The van der Waals surface area contributed by atoms with Gasteiger partial charge in [0.2, 0.25) is 0 Å². The zero-order valence-electron chi connectivity index (χ0n) is 24.6. The number of esters is 2. The van der Waals surface area contributed by atoms with Crippen molar-refractivity contribution < 1.29 is 38.1 Å². The smallest absolute Gasteiger partial charge is 0.336 e. The van der Waals surface area contributed by atoms with Crippen LogP contribution in [0.25, 0.3) is 0 Å². The third kappa shape index (κ3) is 6.24. The van der Waals surface area contributed by atoms with Crippen LogP contribution >= 0.6 is 0 Å². The van der Waals surface area contributed by atoms with Gasteiger partial charge in [-0.1, -0.05) is 26.0 Å². The standard InChI is InChI=1S/C32H37NO8/c1-17(2)16-40-32(36)29-18(3)33-23-12-22(20-8-10-25(37-5)27(14-20)38-6)13-24(35)31(23)30(29)21-9-11-26(41-19(4)34)28(15-21)39-7/h8-11,14-15,17,22,30,33H,12-13,16H2,1-7H3/t22-,30-/m1/s1. The van der Waals surface area contributed by atoms with E-state index < -0.39 is 17.9 Å².